The van der Waals surface area contributed by atoms with E-state index in [-0.39, 0.29) is 11.6 Å². The van der Waals surface area contributed by atoms with Crippen LogP contribution in [-0.2, 0) is 13.0 Å². The summed E-state index contributed by atoms with van der Waals surface area (Å²) in [6, 6.07) is 7.85. The van der Waals surface area contributed by atoms with Crippen molar-refractivity contribution in [2.45, 2.75) is 40.2 Å². The van der Waals surface area contributed by atoms with Crippen LogP contribution in [0, 0.1) is 5.92 Å². The molecule has 0 unspecified atom stereocenters. The molecule has 22 heavy (non-hydrogen) atoms. The average molecular weight is 301 g/mol. The molecule has 0 saturated carbocycles. The first-order valence-corrected chi connectivity index (χ1v) is 7.69. The van der Waals surface area contributed by atoms with Gasteiger partial charge in [0, 0.05) is 18.4 Å². The lowest BCUT2D eigenvalue weighted by molar-refractivity contribution is 0.101. The van der Waals surface area contributed by atoms with Gasteiger partial charge in [0.25, 0.3) is 5.91 Å². The highest BCUT2D eigenvalue weighted by Gasteiger charge is 2.13. The van der Waals surface area contributed by atoms with Gasteiger partial charge in [-0.25, -0.2) is 4.79 Å². The van der Waals surface area contributed by atoms with Crippen LogP contribution in [0.3, 0.4) is 0 Å². The molecule has 0 spiro atoms. The number of nitrogens with zero attached hydrogens (tertiary/aromatic N) is 1. The quantitative estimate of drug-likeness (QED) is 0.861. The molecule has 0 atom stereocenters. The van der Waals surface area contributed by atoms with E-state index in [9.17, 15) is 9.59 Å². The maximum absolute atomic E-state index is 12.2. The fourth-order valence-corrected chi connectivity index (χ4v) is 2.30. The summed E-state index contributed by atoms with van der Waals surface area (Å²) in [6.45, 7) is 6.70. The number of hydrogen-bond donors (Lipinski definition) is 2. The normalized spacial score (nSPS) is 10.9. The molecule has 2 N–H and O–H groups in total. The van der Waals surface area contributed by atoms with Crippen LogP contribution in [0.25, 0.3) is 0 Å². The summed E-state index contributed by atoms with van der Waals surface area (Å²) in [5.41, 5.74) is 2.07. The van der Waals surface area contributed by atoms with Gasteiger partial charge in [-0.1, -0.05) is 26.0 Å². The minimum Gasteiger partial charge on any atom is -0.321 e. The number of aromatic amines is 1. The predicted molar refractivity (Wildman–Crippen MR) is 88.3 cm³/mol. The van der Waals surface area contributed by atoms with Crippen molar-refractivity contribution < 1.29 is 4.79 Å². The zero-order chi connectivity index (χ0) is 16.1. The van der Waals surface area contributed by atoms with Crippen molar-refractivity contribution in [1.82, 2.24) is 9.55 Å². The molecule has 1 amide bonds. The van der Waals surface area contributed by atoms with E-state index >= 15 is 0 Å². The lowest BCUT2D eigenvalue weighted by Gasteiger charge is -2.08. The molecule has 1 aromatic heterocycles. The number of H-pyrrole nitrogens is 1. The van der Waals surface area contributed by atoms with Crippen LogP contribution in [0.5, 0.6) is 0 Å². The molecule has 0 bridgehead atoms. The van der Waals surface area contributed by atoms with E-state index < -0.39 is 0 Å². The molecular formula is C17H23N3O2. The van der Waals surface area contributed by atoms with E-state index in [2.05, 4.69) is 24.1 Å². The number of benzene rings is 1. The van der Waals surface area contributed by atoms with E-state index in [1.165, 1.54) is 16.3 Å². The Hall–Kier alpha value is -2.30. The van der Waals surface area contributed by atoms with Gasteiger partial charge in [0.05, 0.1) is 0 Å². The Morgan fingerprint density at radius 2 is 1.95 bits per heavy atom. The number of aryl methyl sites for hydroxylation is 1. The molecule has 0 aliphatic carbocycles. The number of rotatable bonds is 6. The first-order valence-electron chi connectivity index (χ1n) is 7.69. The first-order chi connectivity index (χ1) is 10.5. The maximum atomic E-state index is 12.2. The summed E-state index contributed by atoms with van der Waals surface area (Å²) in [7, 11) is 0. The molecule has 2 aromatic rings. The third-order valence-corrected chi connectivity index (χ3v) is 3.64. The molecule has 0 fully saturated rings. The molecular weight excluding hydrogens is 278 g/mol. The van der Waals surface area contributed by atoms with E-state index in [4.69, 9.17) is 0 Å². The van der Waals surface area contributed by atoms with Crippen LogP contribution in [0.4, 0.5) is 5.69 Å². The number of carbonyl (C=O) groups is 1. The van der Waals surface area contributed by atoms with Gasteiger partial charge in [0.15, 0.2) is 0 Å². The molecule has 0 aliphatic heterocycles. The number of aromatic nitrogens is 2. The largest absolute Gasteiger partial charge is 0.326 e. The van der Waals surface area contributed by atoms with Gasteiger partial charge in [-0.3, -0.25) is 9.36 Å². The van der Waals surface area contributed by atoms with Crippen molar-refractivity contribution >= 4 is 11.6 Å². The molecule has 5 nitrogen and oxygen atoms in total. The molecule has 0 aliphatic rings. The zero-order valence-electron chi connectivity index (χ0n) is 13.3. The second kappa shape index (κ2) is 7.11. The zero-order valence-corrected chi connectivity index (χ0v) is 13.3. The summed E-state index contributed by atoms with van der Waals surface area (Å²) >= 11 is 0. The monoisotopic (exact) mass is 301 g/mol. The maximum Gasteiger partial charge on any atom is 0.326 e. The Bertz CT molecular complexity index is 681. The van der Waals surface area contributed by atoms with E-state index in [0.717, 1.165) is 18.5 Å². The molecule has 1 heterocycles. The Labute approximate surface area is 130 Å². The fourth-order valence-electron chi connectivity index (χ4n) is 2.30. The van der Waals surface area contributed by atoms with Crippen LogP contribution in [0.15, 0.2) is 35.3 Å². The van der Waals surface area contributed by atoms with Crippen molar-refractivity contribution in [2.75, 3.05) is 5.32 Å². The summed E-state index contributed by atoms with van der Waals surface area (Å²) < 4.78 is 1.41. The highest BCUT2D eigenvalue weighted by molar-refractivity contribution is 6.02. The third-order valence-electron chi connectivity index (χ3n) is 3.64. The van der Waals surface area contributed by atoms with Gasteiger partial charge in [-0.15, -0.1) is 0 Å². The van der Waals surface area contributed by atoms with Gasteiger partial charge >= 0.3 is 5.69 Å². The van der Waals surface area contributed by atoms with Gasteiger partial charge in [0.1, 0.15) is 5.69 Å². The third kappa shape index (κ3) is 3.87. The van der Waals surface area contributed by atoms with Gasteiger partial charge in [0.2, 0.25) is 0 Å². The minimum absolute atomic E-state index is 0.267. The van der Waals surface area contributed by atoms with E-state index in [1.54, 1.807) is 0 Å². The summed E-state index contributed by atoms with van der Waals surface area (Å²) in [5, 5.41) is 2.82. The molecule has 0 saturated heterocycles. The number of imidazole rings is 1. The Kier molecular flexibility index (Phi) is 5.20. The number of amides is 1. The van der Waals surface area contributed by atoms with Crippen molar-refractivity contribution in [3.63, 3.8) is 0 Å². The van der Waals surface area contributed by atoms with Crippen molar-refractivity contribution in [2.24, 2.45) is 5.92 Å². The first kappa shape index (κ1) is 16.1. The molecule has 1 aromatic carbocycles. The van der Waals surface area contributed by atoms with E-state index in [0.29, 0.717) is 18.2 Å². The summed E-state index contributed by atoms with van der Waals surface area (Å²) in [5.74, 6) is 0.397. The summed E-state index contributed by atoms with van der Waals surface area (Å²) in [6.07, 6.45) is 3.63. The second-order valence-corrected chi connectivity index (χ2v) is 5.81. The lowest BCUT2D eigenvalue weighted by atomic mass is 10.0. The molecule has 2 rings (SSSR count). The highest BCUT2D eigenvalue weighted by Crippen LogP contribution is 2.14. The Morgan fingerprint density at radius 3 is 2.55 bits per heavy atom. The highest BCUT2D eigenvalue weighted by atomic mass is 16.2. The van der Waals surface area contributed by atoms with Crippen molar-refractivity contribution in [1.29, 1.82) is 0 Å². The molecule has 0 radical (unpaired) electrons. The van der Waals surface area contributed by atoms with Gasteiger partial charge in [-0.2, -0.15) is 0 Å². The minimum atomic E-state index is -0.282. The van der Waals surface area contributed by atoms with Crippen molar-refractivity contribution in [3.8, 4) is 0 Å². The van der Waals surface area contributed by atoms with E-state index in [1.807, 2.05) is 31.2 Å². The topological polar surface area (TPSA) is 66.9 Å². The average Bonchev–Trinajstić information content (AvgIpc) is 2.87. The van der Waals surface area contributed by atoms with Crippen LogP contribution in [-0.4, -0.2) is 15.5 Å². The lowest BCUT2D eigenvalue weighted by Crippen LogP contribution is -2.23. The molecule has 118 valence electrons. The smallest absolute Gasteiger partial charge is 0.321 e. The molecule has 5 heteroatoms. The van der Waals surface area contributed by atoms with Crippen LogP contribution >= 0.6 is 0 Å². The standard InChI is InChI=1S/C17H23N3O2/c1-4-20-15(11-18-17(20)22)16(21)19-14-9-7-13(8-10-14)6-5-12(2)3/h7-12H,4-6H2,1-3H3,(H,18,22)(H,19,21). The number of anilines is 1. The Balaban J connectivity index is 2.04. The number of nitrogens with one attached hydrogen (secondary N) is 2. The Morgan fingerprint density at radius 1 is 1.27 bits per heavy atom. The van der Waals surface area contributed by atoms with Crippen molar-refractivity contribution in [3.05, 3.63) is 52.2 Å². The SMILES string of the molecule is CCn1c(C(=O)Nc2ccc(CCC(C)C)cc2)c[nH]c1=O. The van der Waals surface area contributed by atoms with Gasteiger partial charge < -0.3 is 10.3 Å². The van der Waals surface area contributed by atoms with Gasteiger partial charge in [-0.05, 0) is 43.4 Å². The van der Waals surface area contributed by atoms with Crippen LogP contribution in [0.1, 0.15) is 43.2 Å². The van der Waals surface area contributed by atoms with Crippen LogP contribution in [0.2, 0.25) is 0 Å². The summed E-state index contributed by atoms with van der Waals surface area (Å²) in [4.78, 5) is 26.3. The number of hydrogen-bond acceptors (Lipinski definition) is 2. The predicted octanol–water partition coefficient (Wildman–Crippen LogP) is 3.04. The van der Waals surface area contributed by atoms with Crippen LogP contribution < -0.4 is 11.0 Å². The fraction of sp³-hybridized carbons (Fsp3) is 0.412. The number of carbonyl (C=O) groups excluding carboxylic acids is 1. The second-order valence-electron chi connectivity index (χ2n) is 5.81.